The molecule has 0 atom stereocenters. The third-order valence-corrected chi connectivity index (χ3v) is 6.57. The van der Waals surface area contributed by atoms with Gasteiger partial charge in [-0.25, -0.2) is 18.2 Å². The summed E-state index contributed by atoms with van der Waals surface area (Å²) in [5.74, 6) is -0.146. The molecule has 0 bridgehead atoms. The molecule has 0 amide bonds. The average Bonchev–Trinajstić information content (AvgIpc) is 3.27. The van der Waals surface area contributed by atoms with Gasteiger partial charge in [0.1, 0.15) is 12.4 Å². The lowest BCUT2D eigenvalue weighted by Crippen LogP contribution is -2.15. The molecular formula is C21H17N3O6S2. The van der Waals surface area contributed by atoms with Crippen LogP contribution in [0.2, 0.25) is 0 Å². The first kappa shape index (κ1) is 21.5. The normalized spacial score (nSPS) is 11.3. The number of hydrogen-bond acceptors (Lipinski definition) is 8. The van der Waals surface area contributed by atoms with Crippen molar-refractivity contribution in [2.45, 2.75) is 11.5 Å². The standard InChI is InChI=1S/C21H17N3O6S2/c1-29-17-7-5-15(6-8-17)23-32(27,28)18-4-2-3-14(11-18)20(26)30-13-16-12-19(25)24-9-10-31-21(24)22-16/h2-12,23H,13H2,1H3. The fourth-order valence-corrected chi connectivity index (χ4v) is 4.69. The number of benzene rings is 2. The Morgan fingerprint density at radius 2 is 1.94 bits per heavy atom. The van der Waals surface area contributed by atoms with Crippen LogP contribution in [0.4, 0.5) is 5.69 Å². The monoisotopic (exact) mass is 471 g/mol. The predicted molar refractivity (Wildman–Crippen MR) is 119 cm³/mol. The van der Waals surface area contributed by atoms with Gasteiger partial charge in [0.25, 0.3) is 15.6 Å². The number of nitrogens with zero attached hydrogens (tertiary/aromatic N) is 2. The molecular weight excluding hydrogens is 454 g/mol. The van der Waals surface area contributed by atoms with Gasteiger partial charge in [0, 0.05) is 23.3 Å². The summed E-state index contributed by atoms with van der Waals surface area (Å²) in [7, 11) is -2.42. The minimum Gasteiger partial charge on any atom is -0.497 e. The van der Waals surface area contributed by atoms with E-state index in [0.717, 1.165) is 0 Å². The summed E-state index contributed by atoms with van der Waals surface area (Å²) in [6, 6.07) is 13.1. The molecule has 0 saturated heterocycles. The molecule has 0 aliphatic carbocycles. The molecule has 0 radical (unpaired) electrons. The summed E-state index contributed by atoms with van der Waals surface area (Å²) in [4.78, 5) is 29.1. The van der Waals surface area contributed by atoms with E-state index in [1.54, 1.807) is 35.8 Å². The van der Waals surface area contributed by atoms with Crippen LogP contribution in [-0.4, -0.2) is 30.9 Å². The van der Waals surface area contributed by atoms with Gasteiger partial charge in [-0.15, -0.1) is 11.3 Å². The topological polar surface area (TPSA) is 116 Å². The molecule has 0 saturated carbocycles. The lowest BCUT2D eigenvalue weighted by atomic mass is 10.2. The number of aromatic nitrogens is 2. The predicted octanol–water partition coefficient (Wildman–Crippen LogP) is 2.92. The second-order valence-electron chi connectivity index (χ2n) is 6.58. The van der Waals surface area contributed by atoms with E-state index in [0.29, 0.717) is 22.1 Å². The number of thiazole rings is 1. The van der Waals surface area contributed by atoms with Crippen LogP contribution in [0.3, 0.4) is 0 Å². The number of hydrogen-bond donors (Lipinski definition) is 1. The molecule has 2 aromatic carbocycles. The number of carbonyl (C=O) groups is 1. The van der Waals surface area contributed by atoms with Crippen molar-refractivity contribution in [3.05, 3.63) is 87.8 Å². The Balaban J connectivity index is 1.48. The number of fused-ring (bicyclic) bond motifs is 1. The maximum atomic E-state index is 12.7. The Kier molecular flexibility index (Phi) is 5.93. The van der Waals surface area contributed by atoms with Crippen LogP contribution in [0.5, 0.6) is 5.75 Å². The maximum absolute atomic E-state index is 12.7. The summed E-state index contributed by atoms with van der Waals surface area (Å²) < 4.78 is 39.5. The van der Waals surface area contributed by atoms with Crippen molar-refractivity contribution in [2.24, 2.45) is 0 Å². The Hall–Kier alpha value is -3.70. The minimum absolute atomic E-state index is 0.0523. The van der Waals surface area contributed by atoms with Crippen molar-refractivity contribution in [3.8, 4) is 5.75 Å². The maximum Gasteiger partial charge on any atom is 0.338 e. The van der Waals surface area contributed by atoms with Crippen molar-refractivity contribution in [2.75, 3.05) is 11.8 Å². The van der Waals surface area contributed by atoms with Crippen molar-refractivity contribution >= 4 is 38.0 Å². The van der Waals surface area contributed by atoms with Gasteiger partial charge in [0.05, 0.1) is 23.3 Å². The van der Waals surface area contributed by atoms with Crippen LogP contribution in [0.15, 0.2) is 75.9 Å². The Bertz CT molecular complexity index is 1440. The zero-order valence-corrected chi connectivity index (χ0v) is 18.4. The Labute approximate surface area is 186 Å². The molecule has 0 aliphatic rings. The molecule has 1 N–H and O–H groups in total. The first-order chi connectivity index (χ1) is 15.4. The summed E-state index contributed by atoms with van der Waals surface area (Å²) in [5, 5.41) is 1.73. The van der Waals surface area contributed by atoms with Crippen molar-refractivity contribution < 1.29 is 22.7 Å². The van der Waals surface area contributed by atoms with Gasteiger partial charge in [-0.3, -0.25) is 13.9 Å². The number of sulfonamides is 1. The molecule has 0 spiro atoms. The smallest absolute Gasteiger partial charge is 0.338 e. The van der Waals surface area contributed by atoms with E-state index in [2.05, 4.69) is 9.71 Å². The molecule has 0 aliphatic heterocycles. The van der Waals surface area contributed by atoms with E-state index < -0.39 is 16.0 Å². The van der Waals surface area contributed by atoms with E-state index in [9.17, 15) is 18.0 Å². The number of rotatable bonds is 7. The molecule has 2 aromatic heterocycles. The van der Waals surface area contributed by atoms with E-state index in [4.69, 9.17) is 9.47 Å². The highest BCUT2D eigenvalue weighted by Crippen LogP contribution is 2.20. The van der Waals surface area contributed by atoms with Crippen molar-refractivity contribution in [1.82, 2.24) is 9.38 Å². The fraction of sp³-hybridized carbons (Fsp3) is 0.0952. The highest BCUT2D eigenvalue weighted by atomic mass is 32.2. The number of esters is 1. The van der Waals surface area contributed by atoms with Gasteiger partial charge in [-0.05, 0) is 42.5 Å². The van der Waals surface area contributed by atoms with Crippen LogP contribution in [0, 0.1) is 0 Å². The van der Waals surface area contributed by atoms with Gasteiger partial charge in [0.2, 0.25) is 0 Å². The number of anilines is 1. The summed E-state index contributed by atoms with van der Waals surface area (Å²) in [6.07, 6.45) is 1.61. The molecule has 9 nitrogen and oxygen atoms in total. The van der Waals surface area contributed by atoms with Crippen LogP contribution in [0.25, 0.3) is 4.96 Å². The molecule has 0 unspecified atom stereocenters. The molecule has 2 heterocycles. The van der Waals surface area contributed by atoms with Gasteiger partial charge in [0.15, 0.2) is 4.96 Å². The molecule has 4 aromatic rings. The van der Waals surface area contributed by atoms with E-state index in [-0.39, 0.29) is 22.6 Å². The third kappa shape index (κ3) is 4.63. The van der Waals surface area contributed by atoms with E-state index >= 15 is 0 Å². The largest absolute Gasteiger partial charge is 0.497 e. The molecule has 11 heteroatoms. The number of carbonyl (C=O) groups excluding carboxylic acids is 1. The van der Waals surface area contributed by atoms with Crippen molar-refractivity contribution in [1.29, 1.82) is 0 Å². The van der Waals surface area contributed by atoms with Crippen LogP contribution in [0.1, 0.15) is 16.1 Å². The van der Waals surface area contributed by atoms with Crippen LogP contribution < -0.4 is 15.0 Å². The van der Waals surface area contributed by atoms with Gasteiger partial charge < -0.3 is 9.47 Å². The molecule has 32 heavy (non-hydrogen) atoms. The summed E-state index contributed by atoms with van der Waals surface area (Å²) in [6.45, 7) is -0.219. The highest BCUT2D eigenvalue weighted by Gasteiger charge is 2.18. The second kappa shape index (κ2) is 8.81. The van der Waals surface area contributed by atoms with Crippen LogP contribution >= 0.6 is 11.3 Å². The summed E-state index contributed by atoms with van der Waals surface area (Å²) in [5.41, 5.74) is 0.424. The van der Waals surface area contributed by atoms with E-state index in [1.165, 1.54) is 53.2 Å². The average molecular weight is 472 g/mol. The Morgan fingerprint density at radius 1 is 1.16 bits per heavy atom. The zero-order chi connectivity index (χ0) is 22.7. The Morgan fingerprint density at radius 3 is 2.69 bits per heavy atom. The van der Waals surface area contributed by atoms with Gasteiger partial charge >= 0.3 is 5.97 Å². The quantitative estimate of drug-likeness (QED) is 0.412. The molecule has 4 rings (SSSR count). The number of nitrogens with one attached hydrogen (secondary N) is 1. The summed E-state index contributed by atoms with van der Waals surface area (Å²) >= 11 is 1.28. The minimum atomic E-state index is -3.93. The van der Waals surface area contributed by atoms with Crippen LogP contribution in [-0.2, 0) is 21.4 Å². The zero-order valence-electron chi connectivity index (χ0n) is 16.7. The fourth-order valence-electron chi connectivity index (χ4n) is 2.85. The molecule has 0 fully saturated rings. The molecule has 164 valence electrons. The highest BCUT2D eigenvalue weighted by molar-refractivity contribution is 7.92. The van der Waals surface area contributed by atoms with Gasteiger partial charge in [-0.1, -0.05) is 6.07 Å². The van der Waals surface area contributed by atoms with Crippen molar-refractivity contribution in [3.63, 3.8) is 0 Å². The lowest BCUT2D eigenvalue weighted by molar-refractivity contribution is 0.0467. The number of ether oxygens (including phenoxy) is 2. The number of methoxy groups -OCH3 is 1. The lowest BCUT2D eigenvalue weighted by Gasteiger charge is -2.10. The second-order valence-corrected chi connectivity index (χ2v) is 9.13. The SMILES string of the molecule is COc1ccc(NS(=O)(=O)c2cccc(C(=O)OCc3cc(=O)n4ccsc4n3)c2)cc1. The van der Waals surface area contributed by atoms with E-state index in [1.807, 2.05) is 0 Å². The first-order valence-electron chi connectivity index (χ1n) is 9.25. The first-order valence-corrected chi connectivity index (χ1v) is 11.6. The third-order valence-electron chi connectivity index (χ3n) is 4.43. The van der Waals surface area contributed by atoms with Gasteiger partial charge in [-0.2, -0.15) is 0 Å².